The van der Waals surface area contributed by atoms with E-state index in [4.69, 9.17) is 0 Å². The van der Waals surface area contributed by atoms with Crippen LogP contribution in [0.5, 0.6) is 0 Å². The number of hydrogen-bond donors (Lipinski definition) is 1. The fraction of sp³-hybridized carbons (Fsp3) is 0.950. The molecule has 0 amide bonds. The van der Waals surface area contributed by atoms with Crippen LogP contribution in [0, 0.1) is 17.8 Å². The Hall–Kier alpha value is -0.530. The quantitative estimate of drug-likeness (QED) is 0.342. The third-order valence-electron chi connectivity index (χ3n) is 4.71. The van der Waals surface area contributed by atoms with Gasteiger partial charge in [-0.15, -0.1) is 0 Å². The second-order valence-corrected chi connectivity index (χ2v) is 7.45. The van der Waals surface area contributed by atoms with Crippen molar-refractivity contribution in [2.24, 2.45) is 17.8 Å². The monoisotopic (exact) mass is 312 g/mol. The van der Waals surface area contributed by atoms with E-state index in [9.17, 15) is 9.90 Å². The topological polar surface area (TPSA) is 37.3 Å². The molecule has 0 aliphatic heterocycles. The van der Waals surface area contributed by atoms with Crippen LogP contribution in [0.4, 0.5) is 0 Å². The molecule has 0 saturated carbocycles. The first-order chi connectivity index (χ1) is 10.5. The molecule has 0 aliphatic rings. The second kappa shape index (κ2) is 14.1. The highest BCUT2D eigenvalue weighted by Gasteiger charge is 2.21. The van der Waals surface area contributed by atoms with E-state index in [1.54, 1.807) is 0 Å². The van der Waals surface area contributed by atoms with E-state index in [0.29, 0.717) is 5.92 Å². The van der Waals surface area contributed by atoms with Crippen LogP contribution in [0.25, 0.3) is 0 Å². The lowest BCUT2D eigenvalue weighted by Gasteiger charge is -2.21. The van der Waals surface area contributed by atoms with Crippen LogP contribution >= 0.6 is 0 Å². The minimum atomic E-state index is -0.569. The van der Waals surface area contributed by atoms with Crippen LogP contribution in [0.3, 0.4) is 0 Å². The molecule has 0 saturated heterocycles. The van der Waals surface area contributed by atoms with Crippen molar-refractivity contribution >= 4 is 5.97 Å². The highest BCUT2D eigenvalue weighted by molar-refractivity contribution is 5.69. The zero-order valence-corrected chi connectivity index (χ0v) is 15.6. The molecular weight excluding hydrogens is 272 g/mol. The maximum absolute atomic E-state index is 11.5. The summed E-state index contributed by atoms with van der Waals surface area (Å²) in [6.07, 6.45) is 14.0. The maximum Gasteiger partial charge on any atom is 0.306 e. The molecular formula is C20H40O2. The van der Waals surface area contributed by atoms with Crippen molar-refractivity contribution in [2.75, 3.05) is 0 Å². The molecule has 1 N–H and O–H groups in total. The number of unbranched alkanes of at least 4 members (excludes halogenated alkanes) is 4. The minimum absolute atomic E-state index is 0.114. The highest BCUT2D eigenvalue weighted by atomic mass is 16.4. The van der Waals surface area contributed by atoms with Gasteiger partial charge in [0.05, 0.1) is 5.92 Å². The first-order valence-electron chi connectivity index (χ1n) is 9.73. The van der Waals surface area contributed by atoms with Gasteiger partial charge in [0, 0.05) is 0 Å². The molecule has 0 spiro atoms. The summed E-state index contributed by atoms with van der Waals surface area (Å²) < 4.78 is 0. The van der Waals surface area contributed by atoms with Crippen molar-refractivity contribution in [3.8, 4) is 0 Å². The van der Waals surface area contributed by atoms with Crippen molar-refractivity contribution in [1.29, 1.82) is 0 Å². The van der Waals surface area contributed by atoms with E-state index in [-0.39, 0.29) is 5.92 Å². The molecule has 0 bridgehead atoms. The Bertz CT molecular complexity index is 260. The van der Waals surface area contributed by atoms with Gasteiger partial charge in [0.15, 0.2) is 0 Å². The number of aliphatic carboxylic acids is 1. The van der Waals surface area contributed by atoms with Crippen LogP contribution in [0.2, 0.25) is 0 Å². The third kappa shape index (κ3) is 12.1. The Morgan fingerprint density at radius 2 is 1.45 bits per heavy atom. The summed E-state index contributed by atoms with van der Waals surface area (Å²) in [6.45, 7) is 8.96. The van der Waals surface area contributed by atoms with Gasteiger partial charge in [-0.1, -0.05) is 91.9 Å². The lowest BCUT2D eigenvalue weighted by atomic mass is 9.85. The summed E-state index contributed by atoms with van der Waals surface area (Å²) in [5.74, 6) is 0.703. The fourth-order valence-electron chi connectivity index (χ4n) is 3.34. The molecule has 2 nitrogen and oxygen atoms in total. The molecule has 0 aromatic rings. The van der Waals surface area contributed by atoms with Crippen LogP contribution < -0.4 is 0 Å². The summed E-state index contributed by atoms with van der Waals surface area (Å²) in [7, 11) is 0. The second-order valence-electron chi connectivity index (χ2n) is 7.45. The van der Waals surface area contributed by atoms with Gasteiger partial charge in [0.25, 0.3) is 0 Å². The fourth-order valence-corrected chi connectivity index (χ4v) is 3.34. The number of carbonyl (C=O) groups is 1. The van der Waals surface area contributed by atoms with Gasteiger partial charge >= 0.3 is 5.97 Å². The number of carboxylic acid groups (broad SMARTS) is 1. The molecule has 22 heavy (non-hydrogen) atoms. The van der Waals surface area contributed by atoms with Crippen molar-refractivity contribution in [3.05, 3.63) is 0 Å². The first kappa shape index (κ1) is 21.5. The molecule has 0 rings (SSSR count). The zero-order chi connectivity index (χ0) is 16.8. The van der Waals surface area contributed by atoms with Crippen LogP contribution in [-0.4, -0.2) is 11.1 Å². The molecule has 0 radical (unpaired) electrons. The average Bonchev–Trinajstić information content (AvgIpc) is 2.45. The molecule has 2 heteroatoms. The van der Waals surface area contributed by atoms with Crippen molar-refractivity contribution in [1.82, 2.24) is 0 Å². The van der Waals surface area contributed by atoms with E-state index in [0.717, 1.165) is 25.2 Å². The molecule has 0 aromatic carbocycles. The summed E-state index contributed by atoms with van der Waals surface area (Å²) in [6, 6.07) is 0. The Labute approximate surface area is 139 Å². The zero-order valence-electron chi connectivity index (χ0n) is 15.6. The molecule has 2 unspecified atom stereocenters. The number of rotatable bonds is 15. The van der Waals surface area contributed by atoms with Gasteiger partial charge in [0.2, 0.25) is 0 Å². The van der Waals surface area contributed by atoms with Crippen LogP contribution in [0.15, 0.2) is 0 Å². The molecule has 2 atom stereocenters. The van der Waals surface area contributed by atoms with Gasteiger partial charge in [-0.3, -0.25) is 4.79 Å². The first-order valence-corrected chi connectivity index (χ1v) is 9.73. The Morgan fingerprint density at radius 1 is 0.818 bits per heavy atom. The standard InChI is InChI=1S/C20H40O2/c1-5-7-9-14-18(12-6-2)16-19(20(21)22)15-11-8-10-13-17(3)4/h17-19H,5-16H2,1-4H3,(H,21,22). The number of carboxylic acids is 1. The lowest BCUT2D eigenvalue weighted by Crippen LogP contribution is -2.18. The van der Waals surface area contributed by atoms with E-state index in [1.165, 1.54) is 57.8 Å². The number of hydrogen-bond acceptors (Lipinski definition) is 1. The summed E-state index contributed by atoms with van der Waals surface area (Å²) >= 11 is 0. The summed E-state index contributed by atoms with van der Waals surface area (Å²) in [5.41, 5.74) is 0. The Balaban J connectivity index is 4.13. The lowest BCUT2D eigenvalue weighted by molar-refractivity contribution is -0.142. The Kier molecular flexibility index (Phi) is 13.7. The minimum Gasteiger partial charge on any atom is -0.481 e. The van der Waals surface area contributed by atoms with E-state index >= 15 is 0 Å². The maximum atomic E-state index is 11.5. The molecule has 0 heterocycles. The van der Waals surface area contributed by atoms with Crippen molar-refractivity contribution in [3.63, 3.8) is 0 Å². The normalized spacial score (nSPS) is 14.2. The summed E-state index contributed by atoms with van der Waals surface area (Å²) in [5, 5.41) is 9.51. The summed E-state index contributed by atoms with van der Waals surface area (Å²) in [4.78, 5) is 11.5. The largest absolute Gasteiger partial charge is 0.481 e. The van der Waals surface area contributed by atoms with Gasteiger partial charge < -0.3 is 5.11 Å². The van der Waals surface area contributed by atoms with Crippen molar-refractivity contribution in [2.45, 2.75) is 105 Å². The molecule has 132 valence electrons. The predicted octanol–water partition coefficient (Wildman–Crippen LogP) is 6.68. The van der Waals surface area contributed by atoms with E-state index in [2.05, 4.69) is 27.7 Å². The molecule has 0 aromatic heterocycles. The molecule has 0 fully saturated rings. The van der Waals surface area contributed by atoms with Crippen LogP contribution in [-0.2, 0) is 4.79 Å². The van der Waals surface area contributed by atoms with E-state index in [1.807, 2.05) is 0 Å². The third-order valence-corrected chi connectivity index (χ3v) is 4.71. The van der Waals surface area contributed by atoms with Gasteiger partial charge in [-0.05, 0) is 24.7 Å². The predicted molar refractivity (Wildman–Crippen MR) is 96.2 cm³/mol. The average molecular weight is 313 g/mol. The van der Waals surface area contributed by atoms with Crippen molar-refractivity contribution < 1.29 is 9.90 Å². The SMILES string of the molecule is CCCCCC(CCC)CC(CCCCCC(C)C)C(=O)O. The van der Waals surface area contributed by atoms with Gasteiger partial charge in [0.1, 0.15) is 0 Å². The van der Waals surface area contributed by atoms with Gasteiger partial charge in [-0.2, -0.15) is 0 Å². The molecule has 0 aliphatic carbocycles. The van der Waals surface area contributed by atoms with Crippen LogP contribution in [0.1, 0.15) is 105 Å². The van der Waals surface area contributed by atoms with E-state index < -0.39 is 5.97 Å². The van der Waals surface area contributed by atoms with Gasteiger partial charge in [-0.25, -0.2) is 0 Å². The smallest absolute Gasteiger partial charge is 0.306 e. The Morgan fingerprint density at radius 3 is 2.00 bits per heavy atom. The highest BCUT2D eigenvalue weighted by Crippen LogP contribution is 2.27.